The predicted octanol–water partition coefficient (Wildman–Crippen LogP) is 4.43. The van der Waals surface area contributed by atoms with Crippen molar-refractivity contribution in [3.05, 3.63) is 84.1 Å². The summed E-state index contributed by atoms with van der Waals surface area (Å²) >= 11 is 0. The third-order valence-corrected chi connectivity index (χ3v) is 5.44. The smallest absolute Gasteiger partial charge is 0.294 e. The quantitative estimate of drug-likeness (QED) is 0.661. The number of nitrogens with zero attached hydrogens (tertiary/aromatic N) is 2. The van der Waals surface area contributed by atoms with Crippen LogP contribution in [0, 0.1) is 6.92 Å². The summed E-state index contributed by atoms with van der Waals surface area (Å²) < 4.78 is 5.39. The molecule has 0 radical (unpaired) electrons. The van der Waals surface area contributed by atoms with Gasteiger partial charge in [0.2, 0.25) is 5.91 Å². The monoisotopic (exact) mass is 403 g/mol. The summed E-state index contributed by atoms with van der Waals surface area (Å²) in [5.41, 5.74) is 2.27. The molecular formula is C24H25N3O3. The van der Waals surface area contributed by atoms with Gasteiger partial charge in [0.25, 0.3) is 5.91 Å². The number of anilines is 1. The van der Waals surface area contributed by atoms with Crippen LogP contribution in [-0.4, -0.2) is 22.8 Å². The van der Waals surface area contributed by atoms with Crippen LogP contribution in [-0.2, 0) is 4.79 Å². The van der Waals surface area contributed by atoms with Crippen molar-refractivity contribution in [1.82, 2.24) is 10.3 Å². The van der Waals surface area contributed by atoms with E-state index in [0.717, 1.165) is 31.2 Å². The van der Waals surface area contributed by atoms with E-state index in [1.165, 1.54) is 11.2 Å². The lowest BCUT2D eigenvalue weighted by Gasteiger charge is -2.31. The fourth-order valence-corrected chi connectivity index (χ4v) is 3.99. The molecule has 154 valence electrons. The highest BCUT2D eigenvalue weighted by Crippen LogP contribution is 2.31. The lowest BCUT2D eigenvalue weighted by molar-refractivity contribution is -0.123. The Balaban J connectivity index is 1.79. The maximum absolute atomic E-state index is 13.5. The maximum Gasteiger partial charge on any atom is 0.294 e. The molecule has 30 heavy (non-hydrogen) atoms. The third-order valence-electron chi connectivity index (χ3n) is 5.44. The van der Waals surface area contributed by atoms with Crippen LogP contribution in [0.1, 0.15) is 53.4 Å². The average Bonchev–Trinajstić information content (AvgIpc) is 3.46. The number of nitrogens with one attached hydrogen (secondary N) is 1. The number of carbonyl (C=O) groups excluding carboxylic acids is 2. The number of hydrogen-bond acceptors (Lipinski definition) is 4. The summed E-state index contributed by atoms with van der Waals surface area (Å²) in [5.74, 6) is -0.406. The van der Waals surface area contributed by atoms with E-state index in [1.807, 2.05) is 37.3 Å². The van der Waals surface area contributed by atoms with E-state index in [4.69, 9.17) is 4.42 Å². The van der Waals surface area contributed by atoms with Gasteiger partial charge in [0.1, 0.15) is 6.04 Å². The Morgan fingerprint density at radius 3 is 2.63 bits per heavy atom. The van der Waals surface area contributed by atoms with E-state index in [9.17, 15) is 9.59 Å². The van der Waals surface area contributed by atoms with E-state index in [-0.39, 0.29) is 23.6 Å². The van der Waals surface area contributed by atoms with Crippen LogP contribution in [0.3, 0.4) is 0 Å². The number of aromatic nitrogens is 1. The number of carbonyl (C=O) groups is 2. The first-order valence-corrected chi connectivity index (χ1v) is 10.3. The predicted molar refractivity (Wildman–Crippen MR) is 114 cm³/mol. The van der Waals surface area contributed by atoms with Gasteiger partial charge in [-0.25, -0.2) is 0 Å². The number of amides is 2. The second-order valence-corrected chi connectivity index (χ2v) is 7.67. The molecule has 1 aliphatic carbocycles. The Bertz CT molecular complexity index is 996. The minimum atomic E-state index is -0.862. The zero-order valence-electron chi connectivity index (χ0n) is 17.0. The SMILES string of the molecule is Cc1cccc(N(C(=O)c2ccco2)C(C(=O)NC2CCCC2)c2cccnc2)c1. The van der Waals surface area contributed by atoms with Crippen LogP contribution in [0.5, 0.6) is 0 Å². The van der Waals surface area contributed by atoms with E-state index in [1.54, 1.807) is 30.6 Å². The first-order chi connectivity index (χ1) is 14.6. The van der Waals surface area contributed by atoms with Crippen LogP contribution in [0.25, 0.3) is 0 Å². The highest BCUT2D eigenvalue weighted by atomic mass is 16.3. The van der Waals surface area contributed by atoms with Gasteiger partial charge in [0.05, 0.1) is 6.26 Å². The zero-order valence-corrected chi connectivity index (χ0v) is 17.0. The maximum atomic E-state index is 13.5. The number of pyridine rings is 1. The van der Waals surface area contributed by atoms with Crippen LogP contribution in [0.15, 0.2) is 71.6 Å². The third kappa shape index (κ3) is 4.27. The zero-order chi connectivity index (χ0) is 20.9. The minimum absolute atomic E-state index is 0.134. The van der Waals surface area contributed by atoms with Gasteiger partial charge in [-0.2, -0.15) is 0 Å². The van der Waals surface area contributed by atoms with Crippen LogP contribution in [0.2, 0.25) is 0 Å². The van der Waals surface area contributed by atoms with Crippen molar-refractivity contribution in [1.29, 1.82) is 0 Å². The highest BCUT2D eigenvalue weighted by Gasteiger charge is 2.35. The average molecular weight is 403 g/mol. The molecule has 1 fully saturated rings. The summed E-state index contributed by atoms with van der Waals surface area (Å²) in [5, 5.41) is 3.15. The van der Waals surface area contributed by atoms with Crippen molar-refractivity contribution in [3.8, 4) is 0 Å². The molecule has 3 aromatic rings. The largest absolute Gasteiger partial charge is 0.459 e. The van der Waals surface area contributed by atoms with E-state index < -0.39 is 6.04 Å². The molecular weight excluding hydrogens is 378 g/mol. The molecule has 0 bridgehead atoms. The number of aryl methyl sites for hydroxylation is 1. The lowest BCUT2D eigenvalue weighted by atomic mass is 10.0. The van der Waals surface area contributed by atoms with E-state index >= 15 is 0 Å². The fourth-order valence-electron chi connectivity index (χ4n) is 3.99. The van der Waals surface area contributed by atoms with Gasteiger partial charge in [-0.15, -0.1) is 0 Å². The summed E-state index contributed by atoms with van der Waals surface area (Å²) in [6.45, 7) is 1.96. The van der Waals surface area contributed by atoms with Crippen LogP contribution in [0.4, 0.5) is 5.69 Å². The molecule has 1 aromatic carbocycles. The molecule has 1 unspecified atom stereocenters. The standard InChI is InChI=1S/C24H25N3O3/c1-17-7-4-11-20(15-17)27(24(29)21-12-6-14-30-21)22(18-8-5-13-25-16-18)23(28)26-19-9-2-3-10-19/h4-8,11-16,19,22H,2-3,9-10H2,1H3,(H,26,28). The van der Waals surface area contributed by atoms with Crippen molar-refractivity contribution in [3.63, 3.8) is 0 Å². The van der Waals surface area contributed by atoms with Crippen LogP contribution < -0.4 is 10.2 Å². The fraction of sp³-hybridized carbons (Fsp3) is 0.292. The Kier molecular flexibility index (Phi) is 5.93. The molecule has 2 amide bonds. The molecule has 2 aromatic heterocycles. The van der Waals surface area contributed by atoms with Crippen molar-refractivity contribution in [2.45, 2.75) is 44.7 Å². The highest BCUT2D eigenvalue weighted by molar-refractivity contribution is 6.08. The first kappa shape index (κ1) is 19.9. The number of benzene rings is 1. The summed E-state index contributed by atoms with van der Waals surface area (Å²) in [7, 11) is 0. The van der Waals surface area contributed by atoms with Gasteiger partial charge in [-0.05, 0) is 55.7 Å². The molecule has 6 nitrogen and oxygen atoms in total. The van der Waals surface area contributed by atoms with Gasteiger partial charge in [-0.3, -0.25) is 19.5 Å². The molecule has 2 heterocycles. The number of rotatable bonds is 6. The second kappa shape index (κ2) is 8.95. The van der Waals surface area contributed by atoms with Gasteiger partial charge < -0.3 is 9.73 Å². The molecule has 0 spiro atoms. The van der Waals surface area contributed by atoms with Gasteiger partial charge >= 0.3 is 0 Å². The number of furan rings is 1. The molecule has 0 aliphatic heterocycles. The normalized spacial score (nSPS) is 15.0. The molecule has 1 atom stereocenters. The van der Waals surface area contributed by atoms with Gasteiger partial charge in [0.15, 0.2) is 5.76 Å². The van der Waals surface area contributed by atoms with Crippen molar-refractivity contribution in [2.24, 2.45) is 0 Å². The molecule has 1 aliphatic rings. The molecule has 1 saturated carbocycles. The lowest BCUT2D eigenvalue weighted by Crippen LogP contribution is -2.46. The van der Waals surface area contributed by atoms with Crippen molar-refractivity contribution >= 4 is 17.5 Å². The Hall–Kier alpha value is -3.41. The Morgan fingerprint density at radius 2 is 1.97 bits per heavy atom. The van der Waals surface area contributed by atoms with Crippen molar-refractivity contribution < 1.29 is 14.0 Å². The van der Waals surface area contributed by atoms with Crippen molar-refractivity contribution in [2.75, 3.05) is 4.90 Å². The van der Waals surface area contributed by atoms with Gasteiger partial charge in [0, 0.05) is 29.7 Å². The second-order valence-electron chi connectivity index (χ2n) is 7.67. The van der Waals surface area contributed by atoms with Gasteiger partial charge in [-0.1, -0.05) is 31.0 Å². The summed E-state index contributed by atoms with van der Waals surface area (Å²) in [4.78, 5) is 32.7. The van der Waals surface area contributed by atoms with E-state index in [0.29, 0.717) is 11.3 Å². The minimum Gasteiger partial charge on any atom is -0.459 e. The molecule has 0 saturated heterocycles. The molecule has 4 rings (SSSR count). The van der Waals surface area contributed by atoms with E-state index in [2.05, 4.69) is 10.3 Å². The summed E-state index contributed by atoms with van der Waals surface area (Å²) in [6.07, 6.45) is 8.88. The molecule has 1 N–H and O–H groups in total. The Labute approximate surface area is 175 Å². The topological polar surface area (TPSA) is 75.4 Å². The molecule has 6 heteroatoms. The summed E-state index contributed by atoms with van der Waals surface area (Å²) in [6, 6.07) is 13.7. The first-order valence-electron chi connectivity index (χ1n) is 10.3. The number of hydrogen-bond donors (Lipinski definition) is 1. The van der Waals surface area contributed by atoms with Crippen LogP contribution >= 0.6 is 0 Å². The Morgan fingerprint density at radius 1 is 1.13 bits per heavy atom.